The molecule has 0 amide bonds. The molecule has 11 heteroatoms. The molecule has 120 valence electrons. The lowest BCUT2D eigenvalue weighted by Gasteiger charge is -2.30. The molecule has 1 rings (SSSR count). The summed E-state index contributed by atoms with van der Waals surface area (Å²) >= 11 is 5.30. The molecule has 0 aliphatic heterocycles. The van der Waals surface area contributed by atoms with E-state index in [1.165, 1.54) is 0 Å². The molecule has 0 heterocycles. The molecule has 0 fully saturated rings. The van der Waals surface area contributed by atoms with Crippen LogP contribution in [0.3, 0.4) is 0 Å². The first kappa shape index (κ1) is 18.0. The molecule has 1 aromatic rings. The summed E-state index contributed by atoms with van der Waals surface area (Å²) in [6.07, 6.45) is -12.2. The van der Waals surface area contributed by atoms with Gasteiger partial charge in [-0.1, -0.05) is 11.6 Å². The Morgan fingerprint density at radius 2 is 1.33 bits per heavy atom. The zero-order valence-electron chi connectivity index (χ0n) is 9.98. The van der Waals surface area contributed by atoms with Crippen LogP contribution in [0.1, 0.15) is 5.56 Å². The Balaban J connectivity index is 3.74. The molecule has 0 N–H and O–H groups in total. The van der Waals surface area contributed by atoms with E-state index >= 15 is 0 Å². The Labute approximate surface area is 119 Å². The molecule has 0 bridgehead atoms. The van der Waals surface area contributed by atoms with E-state index in [4.69, 9.17) is 11.6 Å². The molecular weight excluding hydrogens is 353 g/mol. The number of hydrogen-bond donors (Lipinski definition) is 0. The van der Waals surface area contributed by atoms with Gasteiger partial charge in [0.15, 0.2) is 9.84 Å². The van der Waals surface area contributed by atoms with Gasteiger partial charge >= 0.3 is 18.0 Å². The van der Waals surface area contributed by atoms with Gasteiger partial charge in [-0.15, -0.1) is 0 Å². The van der Waals surface area contributed by atoms with E-state index in [1.54, 1.807) is 0 Å². The fraction of sp³-hybridized carbons (Fsp3) is 0.400. The summed E-state index contributed by atoms with van der Waals surface area (Å²) in [6, 6.07) is 0.660. The van der Waals surface area contributed by atoms with Crippen molar-refractivity contribution >= 4 is 21.4 Å². The first-order chi connectivity index (χ1) is 9.10. The number of benzene rings is 1. The zero-order chi connectivity index (χ0) is 16.9. The summed E-state index contributed by atoms with van der Waals surface area (Å²) < 4.78 is 112. The molecule has 0 aliphatic rings. The van der Waals surface area contributed by atoms with Crippen molar-refractivity contribution in [3.05, 3.63) is 28.8 Å². The van der Waals surface area contributed by atoms with Gasteiger partial charge in [-0.05, 0) is 18.2 Å². The predicted molar refractivity (Wildman–Crippen MR) is 59.5 cm³/mol. The van der Waals surface area contributed by atoms with E-state index in [0.29, 0.717) is 12.3 Å². The van der Waals surface area contributed by atoms with Crippen LogP contribution in [0, 0.1) is 0 Å². The minimum Gasteiger partial charge on any atom is -0.224 e. The lowest BCUT2D eigenvalue weighted by Crippen LogP contribution is -2.50. The van der Waals surface area contributed by atoms with Crippen LogP contribution in [-0.4, -0.2) is 27.0 Å². The zero-order valence-corrected chi connectivity index (χ0v) is 11.6. The molecule has 0 aromatic heterocycles. The second-order valence-corrected chi connectivity index (χ2v) is 6.55. The van der Waals surface area contributed by atoms with E-state index < -0.39 is 43.3 Å². The molecular formula is C10H6ClF7O2S. The normalized spacial score (nSPS) is 14.3. The average Bonchev–Trinajstić information content (AvgIpc) is 2.22. The van der Waals surface area contributed by atoms with Gasteiger partial charge in [-0.2, -0.15) is 26.3 Å². The average molecular weight is 359 g/mol. The summed E-state index contributed by atoms with van der Waals surface area (Å²) in [5.74, 6) is 0. The Morgan fingerprint density at radius 3 is 1.67 bits per heavy atom. The monoisotopic (exact) mass is 358 g/mol. The summed E-state index contributed by atoms with van der Waals surface area (Å²) in [4.78, 5) is -0.958. The SMILES string of the molecule is CS(=O)(=O)c1cc(Cl)cc(C(F)(C(F)(F)F)C(F)(F)F)c1. The van der Waals surface area contributed by atoms with Crippen molar-refractivity contribution in [2.45, 2.75) is 22.9 Å². The van der Waals surface area contributed by atoms with E-state index in [0.717, 1.165) is 0 Å². The van der Waals surface area contributed by atoms with Crippen molar-refractivity contribution < 1.29 is 39.2 Å². The summed E-state index contributed by atoms with van der Waals surface area (Å²) in [5, 5.41) is -0.775. The maximum absolute atomic E-state index is 13.8. The van der Waals surface area contributed by atoms with Crippen LogP contribution < -0.4 is 0 Å². The number of hydrogen-bond acceptors (Lipinski definition) is 2. The maximum atomic E-state index is 13.8. The number of halogens is 8. The predicted octanol–water partition coefficient (Wildman–Crippen LogP) is 4.03. The lowest BCUT2D eigenvalue weighted by molar-refractivity contribution is -0.348. The molecule has 0 saturated heterocycles. The van der Waals surface area contributed by atoms with Gasteiger partial charge in [-0.3, -0.25) is 0 Å². The van der Waals surface area contributed by atoms with Crippen molar-refractivity contribution in [3.63, 3.8) is 0 Å². The largest absolute Gasteiger partial charge is 0.435 e. The van der Waals surface area contributed by atoms with Crippen molar-refractivity contribution in [2.24, 2.45) is 0 Å². The molecule has 0 unspecified atom stereocenters. The lowest BCUT2D eigenvalue weighted by atomic mass is 9.94. The highest BCUT2D eigenvalue weighted by Gasteiger charge is 2.73. The van der Waals surface area contributed by atoms with Gasteiger partial charge in [0.1, 0.15) is 0 Å². The Morgan fingerprint density at radius 1 is 0.905 bits per heavy atom. The molecule has 2 nitrogen and oxygen atoms in total. The molecule has 0 aliphatic carbocycles. The summed E-state index contributed by atoms with van der Waals surface area (Å²) in [5.41, 5.74) is -7.68. The summed E-state index contributed by atoms with van der Waals surface area (Å²) in [6.45, 7) is 0. The third-order valence-corrected chi connectivity index (χ3v) is 3.79. The van der Waals surface area contributed by atoms with Crippen LogP contribution >= 0.6 is 11.6 Å². The van der Waals surface area contributed by atoms with Crippen LogP contribution in [0.5, 0.6) is 0 Å². The first-order valence-electron chi connectivity index (χ1n) is 4.94. The van der Waals surface area contributed by atoms with Crippen molar-refractivity contribution in [3.8, 4) is 0 Å². The smallest absolute Gasteiger partial charge is 0.224 e. The highest BCUT2D eigenvalue weighted by Crippen LogP contribution is 2.53. The second-order valence-electron chi connectivity index (χ2n) is 4.10. The van der Waals surface area contributed by atoms with E-state index in [2.05, 4.69) is 0 Å². The molecule has 1 aromatic carbocycles. The number of rotatable bonds is 2. The summed E-state index contributed by atoms with van der Waals surface area (Å²) in [7, 11) is -4.18. The van der Waals surface area contributed by atoms with Gasteiger partial charge < -0.3 is 0 Å². The van der Waals surface area contributed by atoms with E-state index in [-0.39, 0.29) is 12.1 Å². The minimum atomic E-state index is -6.34. The van der Waals surface area contributed by atoms with Crippen LogP contribution in [0.2, 0.25) is 5.02 Å². The Bertz CT molecular complexity index is 634. The minimum absolute atomic E-state index is 0.0395. The molecule has 0 atom stereocenters. The molecule has 21 heavy (non-hydrogen) atoms. The highest BCUT2D eigenvalue weighted by atomic mass is 35.5. The van der Waals surface area contributed by atoms with Crippen molar-refractivity contribution in [2.75, 3.05) is 6.26 Å². The fourth-order valence-electron chi connectivity index (χ4n) is 1.46. The van der Waals surface area contributed by atoms with Gasteiger partial charge in [0.05, 0.1) is 4.90 Å². The molecule has 0 radical (unpaired) electrons. The third-order valence-electron chi connectivity index (χ3n) is 2.48. The van der Waals surface area contributed by atoms with Crippen LogP contribution in [0.15, 0.2) is 23.1 Å². The van der Waals surface area contributed by atoms with Gasteiger partial charge in [0.25, 0.3) is 0 Å². The standard InChI is InChI=1S/C10H6ClF7O2S/c1-21(19,20)7-3-5(2-6(11)4-7)8(12,9(13,14)15)10(16,17)18/h2-4H,1H3. The molecule has 0 spiro atoms. The molecule has 0 saturated carbocycles. The van der Waals surface area contributed by atoms with E-state index in [9.17, 15) is 39.2 Å². The number of alkyl halides is 7. The quantitative estimate of drug-likeness (QED) is 0.748. The highest BCUT2D eigenvalue weighted by molar-refractivity contribution is 7.90. The Hall–Kier alpha value is -1.03. The van der Waals surface area contributed by atoms with Gasteiger partial charge in [-0.25, -0.2) is 12.8 Å². The second kappa shape index (κ2) is 5.01. The van der Waals surface area contributed by atoms with Crippen molar-refractivity contribution in [1.29, 1.82) is 0 Å². The van der Waals surface area contributed by atoms with Gasteiger partial charge in [0.2, 0.25) is 0 Å². The van der Waals surface area contributed by atoms with Gasteiger partial charge in [0, 0.05) is 16.8 Å². The van der Waals surface area contributed by atoms with Crippen LogP contribution in [0.4, 0.5) is 30.7 Å². The van der Waals surface area contributed by atoms with Crippen molar-refractivity contribution in [1.82, 2.24) is 0 Å². The Kier molecular flexibility index (Phi) is 4.30. The first-order valence-corrected chi connectivity index (χ1v) is 7.21. The fourth-order valence-corrected chi connectivity index (χ4v) is 2.45. The van der Waals surface area contributed by atoms with Crippen LogP contribution in [-0.2, 0) is 15.5 Å². The maximum Gasteiger partial charge on any atom is 0.435 e. The third kappa shape index (κ3) is 3.25. The number of sulfone groups is 1. The topological polar surface area (TPSA) is 34.1 Å². The van der Waals surface area contributed by atoms with E-state index in [1.807, 2.05) is 0 Å². The van der Waals surface area contributed by atoms with Crippen LogP contribution in [0.25, 0.3) is 0 Å².